The number of aliphatic hydroxyl groups is 1. The summed E-state index contributed by atoms with van der Waals surface area (Å²) in [4.78, 5) is 28.2. The van der Waals surface area contributed by atoms with Crippen LogP contribution < -0.4 is 4.90 Å². The molecule has 0 fully saturated rings. The number of ketones is 1. The van der Waals surface area contributed by atoms with Crippen LogP contribution in [0.25, 0.3) is 0 Å². The van der Waals surface area contributed by atoms with Crippen molar-refractivity contribution >= 4 is 40.3 Å². The number of carbonyl (C=O) groups excluding carboxylic acids is 2. The number of hydrogen-bond donors (Lipinski definition) is 1. The number of Topliss-reactive ketones (excluding diaryl/α,β-unsaturated/α-hetero) is 1. The van der Waals surface area contributed by atoms with Gasteiger partial charge in [-0.3, -0.25) is 9.59 Å². The molecular formula is C20H16ClNO4S. The smallest absolute Gasteiger partial charge is 0.264 e. The van der Waals surface area contributed by atoms with E-state index in [4.69, 9.17) is 16.0 Å². The van der Waals surface area contributed by atoms with E-state index in [9.17, 15) is 14.7 Å². The van der Waals surface area contributed by atoms with E-state index in [1.54, 1.807) is 37.3 Å². The number of fused-ring (bicyclic) bond motifs is 1. The first-order chi connectivity index (χ1) is 12.9. The largest absolute Gasteiger partial charge is 0.458 e. The van der Waals surface area contributed by atoms with E-state index in [-0.39, 0.29) is 5.76 Å². The van der Waals surface area contributed by atoms with E-state index in [1.807, 2.05) is 17.5 Å². The summed E-state index contributed by atoms with van der Waals surface area (Å²) in [6.07, 6.45) is -0.410. The van der Waals surface area contributed by atoms with E-state index in [2.05, 4.69) is 0 Å². The van der Waals surface area contributed by atoms with Crippen molar-refractivity contribution in [2.24, 2.45) is 0 Å². The number of amides is 1. The van der Waals surface area contributed by atoms with Crippen LogP contribution in [0, 0.1) is 6.92 Å². The highest BCUT2D eigenvalue weighted by atomic mass is 35.5. The van der Waals surface area contributed by atoms with Crippen LogP contribution in [-0.4, -0.2) is 16.8 Å². The van der Waals surface area contributed by atoms with Gasteiger partial charge in [0.2, 0.25) is 5.78 Å². The van der Waals surface area contributed by atoms with Gasteiger partial charge < -0.3 is 14.4 Å². The Bertz CT molecular complexity index is 1030. The summed E-state index contributed by atoms with van der Waals surface area (Å²) in [7, 11) is 0. The summed E-state index contributed by atoms with van der Waals surface area (Å²) in [5, 5.41) is 13.6. The van der Waals surface area contributed by atoms with Gasteiger partial charge in [0.25, 0.3) is 5.91 Å². The summed E-state index contributed by atoms with van der Waals surface area (Å²) in [6, 6.07) is 11.9. The Hall–Kier alpha value is -2.41. The van der Waals surface area contributed by atoms with E-state index in [0.717, 1.165) is 4.88 Å². The minimum absolute atomic E-state index is 0.119. The SMILES string of the molecule is Cc1ccc(C(=O)C[C@]2(O)C(=O)N(Cc3cccs3)c3ccc(Cl)cc32)o1. The molecule has 1 aliphatic rings. The van der Waals surface area contributed by atoms with E-state index in [0.29, 0.717) is 28.6 Å². The summed E-state index contributed by atoms with van der Waals surface area (Å²) < 4.78 is 5.35. The maximum atomic E-state index is 13.1. The molecule has 5 nitrogen and oxygen atoms in total. The number of hydrogen-bond acceptors (Lipinski definition) is 5. The lowest BCUT2D eigenvalue weighted by atomic mass is 9.89. The van der Waals surface area contributed by atoms with E-state index in [1.165, 1.54) is 16.2 Å². The van der Waals surface area contributed by atoms with Crippen molar-refractivity contribution in [3.63, 3.8) is 0 Å². The molecule has 0 spiro atoms. The van der Waals surface area contributed by atoms with Crippen LogP contribution in [-0.2, 0) is 16.9 Å². The lowest BCUT2D eigenvalue weighted by Crippen LogP contribution is -2.41. The number of aryl methyl sites for hydroxylation is 1. The maximum Gasteiger partial charge on any atom is 0.264 e. The molecule has 3 heterocycles. The zero-order valence-electron chi connectivity index (χ0n) is 14.4. The van der Waals surface area contributed by atoms with Gasteiger partial charge in [-0.25, -0.2) is 0 Å². The van der Waals surface area contributed by atoms with Crippen LogP contribution in [0.1, 0.15) is 33.2 Å². The van der Waals surface area contributed by atoms with Crippen LogP contribution in [0.15, 0.2) is 52.3 Å². The van der Waals surface area contributed by atoms with Crippen molar-refractivity contribution in [1.82, 2.24) is 0 Å². The fourth-order valence-corrected chi connectivity index (χ4v) is 4.18. The zero-order chi connectivity index (χ0) is 19.2. The first-order valence-electron chi connectivity index (χ1n) is 8.35. The molecule has 2 aromatic heterocycles. The third-order valence-electron chi connectivity index (χ3n) is 4.62. The van der Waals surface area contributed by atoms with Crippen LogP contribution in [0.2, 0.25) is 5.02 Å². The third kappa shape index (κ3) is 3.10. The lowest BCUT2D eigenvalue weighted by Gasteiger charge is -2.22. The standard InChI is InChI=1S/C20H16ClNO4S/c1-12-4-7-18(26-12)17(23)10-20(25)15-9-13(21)5-6-16(15)22(19(20)24)11-14-3-2-8-27-14/h2-9,25H,10-11H2,1H3/t20-/m1/s1. The van der Waals surface area contributed by atoms with Crippen molar-refractivity contribution in [1.29, 1.82) is 0 Å². The van der Waals surface area contributed by atoms with Crippen LogP contribution in [0.3, 0.4) is 0 Å². The number of nitrogens with zero attached hydrogens (tertiary/aromatic N) is 1. The Labute approximate surface area is 164 Å². The third-order valence-corrected chi connectivity index (χ3v) is 5.72. The molecule has 0 bridgehead atoms. The van der Waals surface area contributed by atoms with Gasteiger partial charge in [0.05, 0.1) is 18.7 Å². The zero-order valence-corrected chi connectivity index (χ0v) is 16.0. The number of benzene rings is 1. The van der Waals surface area contributed by atoms with Crippen molar-refractivity contribution < 1.29 is 19.1 Å². The molecular weight excluding hydrogens is 386 g/mol. The van der Waals surface area contributed by atoms with Gasteiger partial charge in [0.15, 0.2) is 11.4 Å². The molecule has 1 aromatic carbocycles. The Kier molecular flexibility index (Phi) is 4.42. The predicted octanol–water partition coefficient (Wildman–Crippen LogP) is 4.31. The highest BCUT2D eigenvalue weighted by Crippen LogP contribution is 2.45. The van der Waals surface area contributed by atoms with Crippen molar-refractivity contribution in [3.8, 4) is 0 Å². The molecule has 27 heavy (non-hydrogen) atoms. The highest BCUT2D eigenvalue weighted by molar-refractivity contribution is 7.09. The molecule has 0 saturated carbocycles. The average Bonchev–Trinajstić information content (AvgIpc) is 3.33. The molecule has 0 radical (unpaired) electrons. The van der Waals surface area contributed by atoms with Gasteiger partial charge in [0, 0.05) is 15.5 Å². The molecule has 1 atom stereocenters. The number of halogens is 1. The molecule has 1 amide bonds. The highest BCUT2D eigenvalue weighted by Gasteiger charge is 2.51. The van der Waals surface area contributed by atoms with E-state index >= 15 is 0 Å². The lowest BCUT2D eigenvalue weighted by molar-refractivity contribution is -0.136. The summed E-state index contributed by atoms with van der Waals surface area (Å²) in [5.74, 6) is -0.271. The molecule has 1 N–H and O–H groups in total. The quantitative estimate of drug-likeness (QED) is 0.646. The molecule has 7 heteroatoms. The molecule has 0 saturated heterocycles. The minimum atomic E-state index is -1.98. The van der Waals surface area contributed by atoms with Gasteiger partial charge in [-0.15, -0.1) is 11.3 Å². The summed E-state index contributed by atoms with van der Waals surface area (Å²) >= 11 is 7.62. The van der Waals surface area contributed by atoms with Gasteiger partial charge in [-0.05, 0) is 48.7 Å². The first kappa shape index (κ1) is 18.0. The maximum absolute atomic E-state index is 13.1. The number of thiophene rings is 1. The second kappa shape index (κ2) is 6.64. The summed E-state index contributed by atoms with van der Waals surface area (Å²) in [6.45, 7) is 2.05. The average molecular weight is 402 g/mol. The second-order valence-corrected chi connectivity index (χ2v) is 7.97. The topological polar surface area (TPSA) is 70.8 Å². The van der Waals surface area contributed by atoms with Gasteiger partial charge >= 0.3 is 0 Å². The van der Waals surface area contributed by atoms with Gasteiger partial charge in [-0.1, -0.05) is 17.7 Å². The van der Waals surface area contributed by atoms with Gasteiger partial charge in [0.1, 0.15) is 5.76 Å². The van der Waals surface area contributed by atoms with Gasteiger partial charge in [-0.2, -0.15) is 0 Å². The van der Waals surface area contributed by atoms with Crippen LogP contribution in [0.5, 0.6) is 0 Å². The van der Waals surface area contributed by atoms with Crippen LogP contribution in [0.4, 0.5) is 5.69 Å². The minimum Gasteiger partial charge on any atom is -0.458 e. The monoisotopic (exact) mass is 401 g/mol. The fourth-order valence-electron chi connectivity index (χ4n) is 3.31. The normalized spacial score (nSPS) is 18.8. The fraction of sp³-hybridized carbons (Fsp3) is 0.200. The van der Waals surface area contributed by atoms with Crippen molar-refractivity contribution in [2.75, 3.05) is 4.90 Å². The Balaban J connectivity index is 1.72. The number of furan rings is 1. The van der Waals surface area contributed by atoms with E-state index < -0.39 is 23.7 Å². The molecule has 4 rings (SSSR count). The van der Waals surface area contributed by atoms with Crippen LogP contribution >= 0.6 is 22.9 Å². The molecule has 0 aliphatic carbocycles. The Morgan fingerprint density at radius 2 is 2.11 bits per heavy atom. The molecule has 1 aliphatic heterocycles. The summed E-state index contributed by atoms with van der Waals surface area (Å²) in [5.41, 5.74) is -1.08. The second-order valence-electron chi connectivity index (χ2n) is 6.50. The Morgan fingerprint density at radius 1 is 1.30 bits per heavy atom. The van der Waals surface area contributed by atoms with Crippen molar-refractivity contribution in [3.05, 3.63) is 74.8 Å². The van der Waals surface area contributed by atoms with Crippen molar-refractivity contribution in [2.45, 2.75) is 25.5 Å². The molecule has 3 aromatic rings. The first-order valence-corrected chi connectivity index (χ1v) is 9.60. The molecule has 138 valence electrons. The Morgan fingerprint density at radius 3 is 2.78 bits per heavy atom. The number of rotatable bonds is 5. The molecule has 0 unspecified atom stereocenters. The number of carbonyl (C=O) groups is 2. The predicted molar refractivity (Wildman–Crippen MR) is 103 cm³/mol. The number of anilines is 1.